The van der Waals surface area contributed by atoms with E-state index in [9.17, 15) is 26.4 Å². The lowest BCUT2D eigenvalue weighted by atomic mass is 10.0. The molecular weight excluding hydrogens is 410 g/mol. The van der Waals surface area contributed by atoms with Crippen molar-refractivity contribution in [2.75, 3.05) is 19.1 Å². The zero-order valence-electron chi connectivity index (χ0n) is 15.2. The number of H-pyrrole nitrogens is 1. The van der Waals surface area contributed by atoms with Crippen molar-refractivity contribution in [3.05, 3.63) is 50.0 Å². The molecule has 1 aliphatic heterocycles. The van der Waals surface area contributed by atoms with Gasteiger partial charge in [-0.2, -0.15) is 0 Å². The molecule has 0 unspecified atom stereocenters. The number of hydrogen-bond acceptors (Lipinski definition) is 8. The van der Waals surface area contributed by atoms with E-state index in [1.807, 2.05) is 0 Å². The lowest BCUT2D eigenvalue weighted by molar-refractivity contribution is 0.174. The molecule has 0 spiro atoms. The van der Waals surface area contributed by atoms with Crippen LogP contribution < -0.4 is 11.0 Å². The molecule has 28 heavy (non-hydrogen) atoms. The minimum atomic E-state index is -3.88. The standard InChI is InChI=1S/C16H17N3O7S2/c1-9-11(19-16(21)15(20)13(8-17-19)28(3,24)25)4-5-12(27(2,22)23)14(9)10-6-7-26-18-10/h4-5,8,17H,6-7H2,1-3H3. The molecule has 0 aliphatic carbocycles. The van der Waals surface area contributed by atoms with E-state index in [0.717, 1.165) is 23.4 Å². The summed E-state index contributed by atoms with van der Waals surface area (Å²) in [5.41, 5.74) is -1.03. The molecule has 1 aliphatic rings. The van der Waals surface area contributed by atoms with Gasteiger partial charge in [0.2, 0.25) is 0 Å². The molecule has 0 saturated carbocycles. The predicted octanol–water partition coefficient (Wildman–Crippen LogP) is -0.234. The minimum Gasteiger partial charge on any atom is -0.395 e. The highest BCUT2D eigenvalue weighted by molar-refractivity contribution is 7.91. The van der Waals surface area contributed by atoms with E-state index in [-0.39, 0.29) is 16.1 Å². The van der Waals surface area contributed by atoms with Crippen molar-refractivity contribution in [1.29, 1.82) is 0 Å². The topological polar surface area (TPSA) is 145 Å². The van der Waals surface area contributed by atoms with E-state index in [1.54, 1.807) is 6.92 Å². The Morgan fingerprint density at radius 2 is 1.71 bits per heavy atom. The van der Waals surface area contributed by atoms with E-state index in [1.165, 1.54) is 12.1 Å². The first-order valence-corrected chi connectivity index (χ1v) is 11.8. The number of aromatic nitrogens is 2. The van der Waals surface area contributed by atoms with Crippen LogP contribution in [0.1, 0.15) is 17.5 Å². The summed E-state index contributed by atoms with van der Waals surface area (Å²) in [5.74, 6) is 0. The van der Waals surface area contributed by atoms with Crippen LogP contribution in [0.15, 0.2) is 42.9 Å². The molecule has 150 valence electrons. The number of benzene rings is 1. The monoisotopic (exact) mass is 427 g/mol. The average Bonchev–Trinajstić information content (AvgIpc) is 3.09. The van der Waals surface area contributed by atoms with Crippen LogP contribution in [0, 0.1) is 6.92 Å². The Labute approximate surface area is 160 Å². The second kappa shape index (κ2) is 6.71. The molecule has 0 atom stereocenters. The normalized spacial score (nSPS) is 14.6. The number of hydrogen-bond donors (Lipinski definition) is 1. The second-order valence-electron chi connectivity index (χ2n) is 6.36. The van der Waals surface area contributed by atoms with Gasteiger partial charge in [-0.1, -0.05) is 5.16 Å². The van der Waals surface area contributed by atoms with Gasteiger partial charge in [0.25, 0.3) is 5.43 Å². The van der Waals surface area contributed by atoms with Gasteiger partial charge in [0, 0.05) is 30.7 Å². The molecule has 2 heterocycles. The van der Waals surface area contributed by atoms with Gasteiger partial charge < -0.3 is 4.84 Å². The lowest BCUT2D eigenvalue weighted by Crippen LogP contribution is -2.38. The van der Waals surface area contributed by atoms with Crippen LogP contribution in [0.5, 0.6) is 0 Å². The first-order chi connectivity index (χ1) is 12.9. The first kappa shape index (κ1) is 20.0. The van der Waals surface area contributed by atoms with Crippen LogP contribution >= 0.6 is 0 Å². The van der Waals surface area contributed by atoms with E-state index in [4.69, 9.17) is 4.84 Å². The average molecular weight is 427 g/mol. The first-order valence-electron chi connectivity index (χ1n) is 8.01. The molecule has 0 bridgehead atoms. The van der Waals surface area contributed by atoms with E-state index in [2.05, 4.69) is 10.3 Å². The van der Waals surface area contributed by atoms with Crippen molar-refractivity contribution in [1.82, 2.24) is 9.78 Å². The van der Waals surface area contributed by atoms with Crippen LogP contribution in [0.25, 0.3) is 5.69 Å². The molecule has 0 amide bonds. The summed E-state index contributed by atoms with van der Waals surface area (Å²) >= 11 is 0. The summed E-state index contributed by atoms with van der Waals surface area (Å²) in [5, 5.41) is 6.37. The molecule has 1 N–H and O–H groups in total. The third-order valence-electron chi connectivity index (χ3n) is 4.28. The van der Waals surface area contributed by atoms with Crippen LogP contribution in [0.4, 0.5) is 0 Å². The number of rotatable bonds is 4. The molecule has 12 heteroatoms. The summed E-state index contributed by atoms with van der Waals surface area (Å²) in [4.78, 5) is 29.0. The van der Waals surface area contributed by atoms with Gasteiger partial charge in [-0.25, -0.2) is 21.5 Å². The van der Waals surface area contributed by atoms with Crippen molar-refractivity contribution in [2.24, 2.45) is 5.16 Å². The van der Waals surface area contributed by atoms with Crippen molar-refractivity contribution < 1.29 is 21.7 Å². The SMILES string of the molecule is Cc1c(-n2[nH]cc(S(C)(=O)=O)c(=O)c2=O)ccc(S(C)(=O)=O)c1C1=NOCC1. The highest BCUT2D eigenvalue weighted by atomic mass is 32.2. The molecule has 1 aromatic heterocycles. The van der Waals surface area contributed by atoms with Crippen LogP contribution in [-0.2, 0) is 24.5 Å². The fourth-order valence-corrected chi connectivity index (χ4v) is 4.62. The Kier molecular flexibility index (Phi) is 4.79. The second-order valence-corrected chi connectivity index (χ2v) is 10.3. The van der Waals surface area contributed by atoms with Crippen molar-refractivity contribution in [2.45, 2.75) is 23.1 Å². The fraction of sp³-hybridized carbons (Fsp3) is 0.312. The largest absolute Gasteiger partial charge is 0.395 e. The summed E-state index contributed by atoms with van der Waals surface area (Å²) in [6.07, 6.45) is 3.18. The van der Waals surface area contributed by atoms with Gasteiger partial charge in [-0.05, 0) is 24.6 Å². The van der Waals surface area contributed by atoms with Gasteiger partial charge in [0.05, 0.1) is 16.3 Å². The Morgan fingerprint density at radius 1 is 1.07 bits per heavy atom. The third-order valence-corrected chi connectivity index (χ3v) is 6.52. The highest BCUT2D eigenvalue weighted by Crippen LogP contribution is 2.27. The van der Waals surface area contributed by atoms with E-state index < -0.39 is 35.6 Å². The van der Waals surface area contributed by atoms with Gasteiger partial charge in [0.1, 0.15) is 11.5 Å². The quantitative estimate of drug-likeness (QED) is 0.663. The molecule has 10 nitrogen and oxygen atoms in total. The Balaban J connectivity index is 2.34. The zero-order valence-corrected chi connectivity index (χ0v) is 16.8. The van der Waals surface area contributed by atoms with Crippen LogP contribution in [0.3, 0.4) is 0 Å². The van der Waals surface area contributed by atoms with Gasteiger partial charge in [-0.15, -0.1) is 0 Å². The molecule has 1 aromatic carbocycles. The molecule has 0 saturated heterocycles. The fourth-order valence-electron chi connectivity index (χ4n) is 2.98. The van der Waals surface area contributed by atoms with Crippen LogP contribution in [-0.4, -0.2) is 51.4 Å². The predicted molar refractivity (Wildman–Crippen MR) is 101 cm³/mol. The number of aromatic amines is 1. The zero-order chi connectivity index (χ0) is 20.9. The summed E-state index contributed by atoms with van der Waals surface area (Å²) < 4.78 is 48.5. The number of sulfone groups is 2. The maximum atomic E-state index is 12.5. The molecule has 0 fully saturated rings. The number of nitrogens with one attached hydrogen (secondary N) is 1. The number of nitrogens with zero attached hydrogens (tertiary/aromatic N) is 2. The van der Waals surface area contributed by atoms with E-state index in [0.29, 0.717) is 24.3 Å². The molecule has 3 rings (SSSR count). The highest BCUT2D eigenvalue weighted by Gasteiger charge is 2.25. The molecule has 2 aromatic rings. The minimum absolute atomic E-state index is 0.0150. The van der Waals surface area contributed by atoms with Crippen molar-refractivity contribution >= 4 is 25.4 Å². The maximum absolute atomic E-state index is 12.5. The van der Waals surface area contributed by atoms with Gasteiger partial charge >= 0.3 is 5.56 Å². The van der Waals surface area contributed by atoms with E-state index >= 15 is 0 Å². The summed E-state index contributed by atoms with van der Waals surface area (Å²) in [7, 11) is -7.50. The Hall–Kier alpha value is -2.73. The Bertz CT molecular complexity index is 1330. The van der Waals surface area contributed by atoms with Crippen molar-refractivity contribution in [3.63, 3.8) is 0 Å². The van der Waals surface area contributed by atoms with Gasteiger partial charge in [0.15, 0.2) is 19.7 Å². The Morgan fingerprint density at radius 3 is 2.25 bits per heavy atom. The van der Waals surface area contributed by atoms with Gasteiger partial charge in [-0.3, -0.25) is 14.7 Å². The maximum Gasteiger partial charge on any atom is 0.318 e. The number of oxime groups is 1. The molecule has 0 radical (unpaired) electrons. The van der Waals surface area contributed by atoms with Crippen molar-refractivity contribution in [3.8, 4) is 5.69 Å². The summed E-state index contributed by atoms with van der Waals surface area (Å²) in [6, 6.07) is 2.67. The summed E-state index contributed by atoms with van der Waals surface area (Å²) in [6.45, 7) is 1.87. The third kappa shape index (κ3) is 3.40. The molecular formula is C16H17N3O7S2. The smallest absolute Gasteiger partial charge is 0.318 e. The van der Waals surface area contributed by atoms with Crippen LogP contribution in [0.2, 0.25) is 0 Å². The lowest BCUT2D eigenvalue weighted by Gasteiger charge is -2.16.